The number of ether oxygens (including phenoxy) is 2. The highest BCUT2D eigenvalue weighted by Gasteiger charge is 2.11. The number of carbonyl (C=O) groups excluding carboxylic acids is 1. The van der Waals surface area contributed by atoms with Crippen LogP contribution in [-0.2, 0) is 9.53 Å². The second-order valence-corrected chi connectivity index (χ2v) is 4.35. The molecule has 0 aromatic heterocycles. The molecule has 1 atom stereocenters. The van der Waals surface area contributed by atoms with Crippen molar-refractivity contribution in [2.45, 2.75) is 20.0 Å². The average molecular weight is 267 g/mol. The molecule has 5 heteroatoms. The number of hydrogen-bond donors (Lipinski definition) is 2. The first-order valence-electron chi connectivity index (χ1n) is 6.21. The van der Waals surface area contributed by atoms with E-state index in [-0.39, 0.29) is 12.5 Å². The van der Waals surface area contributed by atoms with Gasteiger partial charge in [0, 0.05) is 19.2 Å². The van der Waals surface area contributed by atoms with E-state index >= 15 is 0 Å². The summed E-state index contributed by atoms with van der Waals surface area (Å²) in [5.74, 6) is 0.316. The van der Waals surface area contributed by atoms with Gasteiger partial charge in [0.1, 0.15) is 5.75 Å². The van der Waals surface area contributed by atoms with Crippen LogP contribution in [0, 0.1) is 6.92 Å². The third-order valence-electron chi connectivity index (χ3n) is 2.60. The van der Waals surface area contributed by atoms with E-state index in [1.165, 1.54) is 0 Å². The lowest BCUT2D eigenvalue weighted by molar-refractivity contribution is -0.123. The molecule has 1 aromatic carbocycles. The number of aliphatic hydroxyl groups is 1. The molecule has 0 saturated carbocycles. The van der Waals surface area contributed by atoms with Gasteiger partial charge in [-0.25, -0.2) is 0 Å². The van der Waals surface area contributed by atoms with Gasteiger partial charge in [0.05, 0.1) is 12.7 Å². The summed E-state index contributed by atoms with van der Waals surface area (Å²) in [6, 6.07) is 5.49. The Morgan fingerprint density at radius 3 is 2.84 bits per heavy atom. The molecule has 106 valence electrons. The average Bonchev–Trinajstić information content (AvgIpc) is 2.37. The molecular formula is C14H21NO4. The Balaban J connectivity index is 2.55. The third-order valence-corrected chi connectivity index (χ3v) is 2.60. The van der Waals surface area contributed by atoms with E-state index in [0.29, 0.717) is 24.5 Å². The van der Waals surface area contributed by atoms with Crippen LogP contribution < -0.4 is 10.1 Å². The van der Waals surface area contributed by atoms with Crippen LogP contribution >= 0.6 is 0 Å². The first kappa shape index (κ1) is 15.5. The zero-order valence-electron chi connectivity index (χ0n) is 11.6. The molecule has 1 aromatic rings. The van der Waals surface area contributed by atoms with Crippen molar-refractivity contribution < 1.29 is 19.4 Å². The normalized spacial score (nSPS) is 12.0. The van der Waals surface area contributed by atoms with Gasteiger partial charge in [-0.3, -0.25) is 4.79 Å². The summed E-state index contributed by atoms with van der Waals surface area (Å²) in [4.78, 5) is 11.5. The molecule has 0 heterocycles. The van der Waals surface area contributed by atoms with E-state index < -0.39 is 6.10 Å². The van der Waals surface area contributed by atoms with Gasteiger partial charge in [-0.05, 0) is 26.0 Å². The molecule has 0 fully saturated rings. The highest BCUT2D eigenvalue weighted by Crippen LogP contribution is 2.26. The number of rotatable bonds is 7. The number of nitrogens with one attached hydrogen (secondary N) is 1. The van der Waals surface area contributed by atoms with Gasteiger partial charge in [0.25, 0.3) is 5.91 Å². The molecular weight excluding hydrogens is 246 g/mol. The monoisotopic (exact) mass is 267 g/mol. The van der Waals surface area contributed by atoms with Crippen LogP contribution in [0.15, 0.2) is 18.2 Å². The van der Waals surface area contributed by atoms with Crippen LogP contribution in [0.5, 0.6) is 5.75 Å². The van der Waals surface area contributed by atoms with Gasteiger partial charge < -0.3 is 19.9 Å². The van der Waals surface area contributed by atoms with Crippen molar-refractivity contribution in [2.75, 3.05) is 26.9 Å². The zero-order valence-corrected chi connectivity index (χ0v) is 11.6. The van der Waals surface area contributed by atoms with Gasteiger partial charge in [-0.2, -0.15) is 0 Å². The molecule has 0 spiro atoms. The molecule has 0 saturated heterocycles. The molecule has 0 bridgehead atoms. The summed E-state index contributed by atoms with van der Waals surface area (Å²) in [5.41, 5.74) is 1.72. The highest BCUT2D eigenvalue weighted by molar-refractivity contribution is 5.77. The van der Waals surface area contributed by atoms with Crippen LogP contribution in [0.25, 0.3) is 0 Å². The maximum absolute atomic E-state index is 11.5. The summed E-state index contributed by atoms with van der Waals surface area (Å²) >= 11 is 0. The predicted molar refractivity (Wildman–Crippen MR) is 72.2 cm³/mol. The highest BCUT2D eigenvalue weighted by atomic mass is 16.5. The molecule has 0 aliphatic carbocycles. The van der Waals surface area contributed by atoms with Crippen molar-refractivity contribution in [1.29, 1.82) is 0 Å². The van der Waals surface area contributed by atoms with Gasteiger partial charge in [-0.15, -0.1) is 0 Å². The molecule has 1 amide bonds. The van der Waals surface area contributed by atoms with Crippen molar-refractivity contribution in [3.63, 3.8) is 0 Å². The number of carbonyl (C=O) groups is 1. The Bertz CT molecular complexity index is 418. The van der Waals surface area contributed by atoms with E-state index in [9.17, 15) is 9.90 Å². The molecule has 1 unspecified atom stereocenters. The number of hydrogen-bond acceptors (Lipinski definition) is 4. The van der Waals surface area contributed by atoms with Crippen LogP contribution in [0.1, 0.15) is 24.2 Å². The minimum atomic E-state index is -0.633. The second-order valence-electron chi connectivity index (χ2n) is 4.35. The molecule has 19 heavy (non-hydrogen) atoms. The number of methoxy groups -OCH3 is 1. The van der Waals surface area contributed by atoms with Crippen LogP contribution in [0.3, 0.4) is 0 Å². The summed E-state index contributed by atoms with van der Waals surface area (Å²) in [6.45, 7) is 4.45. The maximum atomic E-state index is 11.5. The summed E-state index contributed by atoms with van der Waals surface area (Å²) in [6.07, 6.45) is -0.633. The lowest BCUT2D eigenvalue weighted by Crippen LogP contribution is -2.31. The van der Waals surface area contributed by atoms with Crippen molar-refractivity contribution in [3.05, 3.63) is 29.3 Å². The lowest BCUT2D eigenvalue weighted by atomic mass is 10.1. The van der Waals surface area contributed by atoms with Gasteiger partial charge in [0.2, 0.25) is 0 Å². The third kappa shape index (κ3) is 5.28. The fourth-order valence-electron chi connectivity index (χ4n) is 1.61. The first-order valence-corrected chi connectivity index (χ1v) is 6.21. The Morgan fingerprint density at radius 1 is 1.47 bits per heavy atom. The van der Waals surface area contributed by atoms with Crippen molar-refractivity contribution in [1.82, 2.24) is 5.32 Å². The SMILES string of the molecule is COCCNC(=O)COc1ccc(C)cc1C(C)O. The molecule has 0 aliphatic rings. The van der Waals surface area contributed by atoms with Gasteiger partial charge in [0.15, 0.2) is 6.61 Å². The first-order chi connectivity index (χ1) is 9.04. The Hall–Kier alpha value is -1.59. The van der Waals surface area contributed by atoms with Crippen molar-refractivity contribution in [2.24, 2.45) is 0 Å². The van der Waals surface area contributed by atoms with Crippen LogP contribution in [0.2, 0.25) is 0 Å². The zero-order chi connectivity index (χ0) is 14.3. The van der Waals surface area contributed by atoms with E-state index in [1.54, 1.807) is 20.1 Å². The standard InChI is InChI=1S/C14H21NO4/c1-10-4-5-13(12(8-10)11(2)16)19-9-14(17)15-6-7-18-3/h4-5,8,11,16H,6-7,9H2,1-3H3,(H,15,17). The fourth-order valence-corrected chi connectivity index (χ4v) is 1.61. The minimum Gasteiger partial charge on any atom is -0.483 e. The molecule has 1 rings (SSSR count). The molecule has 5 nitrogen and oxygen atoms in total. The van der Waals surface area contributed by atoms with E-state index in [1.807, 2.05) is 19.1 Å². The fraction of sp³-hybridized carbons (Fsp3) is 0.500. The predicted octanol–water partition coefficient (Wildman–Crippen LogP) is 1.19. The van der Waals surface area contributed by atoms with E-state index in [2.05, 4.69) is 5.32 Å². The Kier molecular flexibility index (Phi) is 6.32. The number of aliphatic hydroxyl groups excluding tert-OH is 1. The topological polar surface area (TPSA) is 67.8 Å². The summed E-state index contributed by atoms with van der Waals surface area (Å²) < 4.78 is 10.3. The number of benzene rings is 1. The number of amides is 1. The van der Waals surface area contributed by atoms with Crippen molar-refractivity contribution >= 4 is 5.91 Å². The second kappa shape index (κ2) is 7.76. The van der Waals surface area contributed by atoms with E-state index in [0.717, 1.165) is 5.56 Å². The quantitative estimate of drug-likeness (QED) is 0.728. The van der Waals surface area contributed by atoms with Crippen LogP contribution in [0.4, 0.5) is 0 Å². The molecule has 2 N–H and O–H groups in total. The minimum absolute atomic E-state index is 0.0769. The smallest absolute Gasteiger partial charge is 0.258 e. The largest absolute Gasteiger partial charge is 0.483 e. The summed E-state index contributed by atoms with van der Waals surface area (Å²) in [7, 11) is 1.57. The van der Waals surface area contributed by atoms with Crippen molar-refractivity contribution in [3.8, 4) is 5.75 Å². The maximum Gasteiger partial charge on any atom is 0.258 e. The Morgan fingerprint density at radius 2 is 2.21 bits per heavy atom. The summed E-state index contributed by atoms with van der Waals surface area (Å²) in [5, 5.41) is 12.3. The van der Waals surface area contributed by atoms with Gasteiger partial charge in [-0.1, -0.05) is 11.6 Å². The Labute approximate surface area is 113 Å². The molecule has 0 aliphatic heterocycles. The molecule has 0 radical (unpaired) electrons. The van der Waals surface area contributed by atoms with E-state index in [4.69, 9.17) is 9.47 Å². The lowest BCUT2D eigenvalue weighted by Gasteiger charge is -2.14. The van der Waals surface area contributed by atoms with Crippen LogP contribution in [-0.4, -0.2) is 37.9 Å². The van der Waals surface area contributed by atoms with Gasteiger partial charge >= 0.3 is 0 Å². The number of aryl methyl sites for hydroxylation is 1.